The van der Waals surface area contributed by atoms with Gasteiger partial charge in [-0.2, -0.15) is 5.10 Å². The molecular formula is C15H15BrN2O2S. The summed E-state index contributed by atoms with van der Waals surface area (Å²) in [5, 5.41) is 6.02. The molecule has 0 aliphatic rings. The zero-order chi connectivity index (χ0) is 15.2. The van der Waals surface area contributed by atoms with Crippen LogP contribution in [0.15, 0.2) is 45.3 Å². The van der Waals surface area contributed by atoms with Crippen molar-refractivity contribution >= 4 is 38.9 Å². The van der Waals surface area contributed by atoms with Crippen molar-refractivity contribution in [3.05, 3.63) is 50.6 Å². The molecular weight excluding hydrogens is 352 g/mol. The number of aryl methyl sites for hydroxylation is 1. The van der Waals surface area contributed by atoms with Crippen molar-refractivity contribution in [2.75, 3.05) is 6.61 Å². The highest BCUT2D eigenvalue weighted by molar-refractivity contribution is 9.10. The first-order valence-corrected chi connectivity index (χ1v) is 7.99. The van der Waals surface area contributed by atoms with Crippen LogP contribution < -0.4 is 10.2 Å². The van der Waals surface area contributed by atoms with Gasteiger partial charge in [0.2, 0.25) is 0 Å². The Morgan fingerprint density at radius 3 is 2.90 bits per heavy atom. The van der Waals surface area contributed by atoms with E-state index in [0.29, 0.717) is 5.75 Å². The van der Waals surface area contributed by atoms with Crippen LogP contribution >= 0.6 is 27.3 Å². The van der Waals surface area contributed by atoms with Gasteiger partial charge in [0, 0.05) is 9.35 Å². The van der Waals surface area contributed by atoms with Crippen LogP contribution in [0.2, 0.25) is 0 Å². The summed E-state index contributed by atoms with van der Waals surface area (Å²) in [7, 11) is 0. The number of benzene rings is 1. The molecule has 0 saturated carbocycles. The summed E-state index contributed by atoms with van der Waals surface area (Å²) in [6.07, 6.45) is 0. The Balaban J connectivity index is 1.85. The fourth-order valence-electron chi connectivity index (χ4n) is 1.57. The first-order valence-electron chi connectivity index (χ1n) is 6.32. The number of nitrogens with one attached hydrogen (secondary N) is 1. The van der Waals surface area contributed by atoms with Crippen LogP contribution in [0.3, 0.4) is 0 Å². The monoisotopic (exact) mass is 366 g/mol. The molecule has 0 bridgehead atoms. The summed E-state index contributed by atoms with van der Waals surface area (Å²) in [5.74, 6) is 0.372. The number of hydrazone groups is 1. The van der Waals surface area contributed by atoms with Crippen molar-refractivity contribution in [1.82, 2.24) is 5.43 Å². The highest BCUT2D eigenvalue weighted by atomic mass is 79.9. The lowest BCUT2D eigenvalue weighted by Gasteiger charge is -2.07. The van der Waals surface area contributed by atoms with E-state index in [9.17, 15) is 4.79 Å². The maximum absolute atomic E-state index is 11.7. The highest BCUT2D eigenvalue weighted by Crippen LogP contribution is 2.21. The minimum atomic E-state index is -0.286. The van der Waals surface area contributed by atoms with Gasteiger partial charge in [-0.25, -0.2) is 5.43 Å². The standard InChI is InChI=1S/C15H15BrN2O2S/c1-10-8-12(5-6-13(10)16)20-9-15(19)18-17-11(2)14-4-3-7-21-14/h3-8H,9H2,1-2H3,(H,18,19). The highest BCUT2D eigenvalue weighted by Gasteiger charge is 2.04. The van der Waals surface area contributed by atoms with Gasteiger partial charge in [0.15, 0.2) is 6.61 Å². The lowest BCUT2D eigenvalue weighted by Crippen LogP contribution is -2.25. The van der Waals surface area contributed by atoms with E-state index in [0.717, 1.165) is 20.6 Å². The molecule has 0 fully saturated rings. The van der Waals surface area contributed by atoms with Gasteiger partial charge in [0.05, 0.1) is 5.71 Å². The largest absolute Gasteiger partial charge is 0.484 e. The molecule has 1 amide bonds. The fourth-order valence-corrected chi connectivity index (χ4v) is 2.50. The predicted molar refractivity (Wildman–Crippen MR) is 89.0 cm³/mol. The van der Waals surface area contributed by atoms with Gasteiger partial charge in [0.1, 0.15) is 5.75 Å². The Kier molecular flexibility index (Phi) is 5.52. The van der Waals surface area contributed by atoms with Crippen LogP contribution in [0.4, 0.5) is 0 Å². The summed E-state index contributed by atoms with van der Waals surface area (Å²) in [6, 6.07) is 9.47. The van der Waals surface area contributed by atoms with E-state index >= 15 is 0 Å². The molecule has 0 radical (unpaired) electrons. The minimum Gasteiger partial charge on any atom is -0.484 e. The Bertz CT molecular complexity index is 654. The van der Waals surface area contributed by atoms with Crippen LogP contribution in [0.1, 0.15) is 17.4 Å². The smallest absolute Gasteiger partial charge is 0.277 e. The number of hydrogen-bond acceptors (Lipinski definition) is 4. The Morgan fingerprint density at radius 1 is 1.43 bits per heavy atom. The number of carbonyl (C=O) groups is 1. The van der Waals surface area contributed by atoms with E-state index < -0.39 is 0 Å². The number of rotatable bonds is 5. The summed E-state index contributed by atoms with van der Waals surface area (Å²) in [4.78, 5) is 12.7. The lowest BCUT2D eigenvalue weighted by atomic mass is 10.2. The van der Waals surface area contributed by atoms with Gasteiger partial charge in [0.25, 0.3) is 5.91 Å². The third-order valence-electron chi connectivity index (χ3n) is 2.73. The maximum atomic E-state index is 11.7. The normalized spacial score (nSPS) is 11.3. The molecule has 6 heteroatoms. The average Bonchev–Trinajstić information content (AvgIpc) is 3.00. The van der Waals surface area contributed by atoms with E-state index in [1.807, 2.05) is 49.6 Å². The van der Waals surface area contributed by atoms with Gasteiger partial charge < -0.3 is 4.74 Å². The second-order valence-corrected chi connectivity index (χ2v) is 6.21. The molecule has 0 unspecified atom stereocenters. The van der Waals surface area contributed by atoms with Crippen LogP contribution in [0, 0.1) is 6.92 Å². The van der Waals surface area contributed by atoms with Crippen molar-refractivity contribution in [2.24, 2.45) is 5.10 Å². The molecule has 2 rings (SSSR count). The Hall–Kier alpha value is -1.66. The first kappa shape index (κ1) is 15.7. The zero-order valence-corrected chi connectivity index (χ0v) is 14.1. The van der Waals surface area contributed by atoms with E-state index in [1.165, 1.54) is 0 Å². The average molecular weight is 367 g/mol. The molecule has 110 valence electrons. The van der Waals surface area contributed by atoms with E-state index in [-0.39, 0.29) is 12.5 Å². The van der Waals surface area contributed by atoms with E-state index in [1.54, 1.807) is 11.3 Å². The zero-order valence-electron chi connectivity index (χ0n) is 11.7. The molecule has 1 N–H and O–H groups in total. The number of nitrogens with zero attached hydrogens (tertiary/aromatic N) is 1. The molecule has 0 spiro atoms. The molecule has 0 aliphatic heterocycles. The van der Waals surface area contributed by atoms with Crippen LogP contribution in [-0.4, -0.2) is 18.2 Å². The SMILES string of the molecule is CC(=NNC(=O)COc1ccc(Br)c(C)c1)c1cccs1. The number of thiophene rings is 1. The van der Waals surface area contributed by atoms with E-state index in [2.05, 4.69) is 26.5 Å². The molecule has 1 aromatic heterocycles. The molecule has 1 aromatic carbocycles. The van der Waals surface area contributed by atoms with Crippen molar-refractivity contribution in [3.63, 3.8) is 0 Å². The third kappa shape index (κ3) is 4.68. The Morgan fingerprint density at radius 2 is 2.24 bits per heavy atom. The van der Waals surface area contributed by atoms with Crippen LogP contribution in [-0.2, 0) is 4.79 Å². The second kappa shape index (κ2) is 7.38. The van der Waals surface area contributed by atoms with Crippen molar-refractivity contribution in [3.8, 4) is 5.75 Å². The lowest BCUT2D eigenvalue weighted by molar-refractivity contribution is -0.123. The number of hydrogen-bond donors (Lipinski definition) is 1. The summed E-state index contributed by atoms with van der Waals surface area (Å²) in [6.45, 7) is 3.75. The van der Waals surface area contributed by atoms with Crippen LogP contribution in [0.5, 0.6) is 5.75 Å². The molecule has 0 saturated heterocycles. The number of halogens is 1. The predicted octanol–water partition coefficient (Wildman–Crippen LogP) is 3.74. The fraction of sp³-hybridized carbons (Fsp3) is 0.200. The third-order valence-corrected chi connectivity index (χ3v) is 4.59. The minimum absolute atomic E-state index is 0.0672. The summed E-state index contributed by atoms with van der Waals surface area (Å²) in [5.41, 5.74) is 4.32. The van der Waals surface area contributed by atoms with Gasteiger partial charge in [-0.1, -0.05) is 22.0 Å². The number of amides is 1. The Labute approximate surface area is 136 Å². The molecule has 4 nitrogen and oxygen atoms in total. The van der Waals surface area contributed by atoms with Gasteiger partial charge in [-0.3, -0.25) is 4.79 Å². The summed E-state index contributed by atoms with van der Waals surface area (Å²) < 4.78 is 6.44. The number of ether oxygens (including phenoxy) is 1. The first-order chi connectivity index (χ1) is 10.1. The van der Waals surface area contributed by atoms with Crippen molar-refractivity contribution in [1.29, 1.82) is 0 Å². The molecule has 21 heavy (non-hydrogen) atoms. The summed E-state index contributed by atoms with van der Waals surface area (Å²) >= 11 is 5.00. The van der Waals surface area contributed by atoms with E-state index in [4.69, 9.17) is 4.74 Å². The topological polar surface area (TPSA) is 50.7 Å². The number of carbonyl (C=O) groups excluding carboxylic acids is 1. The quantitative estimate of drug-likeness (QED) is 0.647. The van der Waals surface area contributed by atoms with Crippen LogP contribution in [0.25, 0.3) is 0 Å². The molecule has 1 heterocycles. The second-order valence-electron chi connectivity index (χ2n) is 4.41. The van der Waals surface area contributed by atoms with Crippen molar-refractivity contribution in [2.45, 2.75) is 13.8 Å². The molecule has 0 aliphatic carbocycles. The van der Waals surface area contributed by atoms with Crippen molar-refractivity contribution < 1.29 is 9.53 Å². The van der Waals surface area contributed by atoms with Gasteiger partial charge in [-0.15, -0.1) is 11.3 Å². The molecule has 0 atom stereocenters. The van der Waals surface area contributed by atoms with Gasteiger partial charge >= 0.3 is 0 Å². The maximum Gasteiger partial charge on any atom is 0.277 e. The van der Waals surface area contributed by atoms with Gasteiger partial charge in [-0.05, 0) is 49.1 Å². The molecule has 2 aromatic rings.